The average molecular weight is 521 g/mol. The minimum absolute atomic E-state index is 0.127. The van der Waals surface area contributed by atoms with Gasteiger partial charge < -0.3 is 9.42 Å². The number of nitrogens with zero attached hydrogens (tertiary/aromatic N) is 5. The highest BCUT2D eigenvalue weighted by Gasteiger charge is 2.40. The van der Waals surface area contributed by atoms with Crippen LogP contribution in [0.1, 0.15) is 23.4 Å². The average Bonchev–Trinajstić information content (AvgIpc) is 3.46. The molecule has 4 aromatic rings. The van der Waals surface area contributed by atoms with Crippen molar-refractivity contribution in [3.8, 4) is 22.5 Å². The number of aromatic nitrogens is 3. The van der Waals surface area contributed by atoms with Gasteiger partial charge in [0.2, 0.25) is 0 Å². The van der Waals surface area contributed by atoms with Gasteiger partial charge in [-0.25, -0.2) is 14.8 Å². The van der Waals surface area contributed by atoms with Gasteiger partial charge in [0.1, 0.15) is 11.6 Å². The molecular weight excluding hydrogens is 497 g/mol. The predicted molar refractivity (Wildman–Crippen MR) is 136 cm³/mol. The van der Waals surface area contributed by atoms with Crippen LogP contribution in [-0.2, 0) is 6.18 Å². The molecule has 2 aliphatic rings. The molecule has 2 amide bonds. The molecule has 5 heterocycles. The van der Waals surface area contributed by atoms with Crippen molar-refractivity contribution in [3.63, 3.8) is 0 Å². The second kappa shape index (κ2) is 8.86. The molecule has 0 spiro atoms. The van der Waals surface area contributed by atoms with E-state index in [-0.39, 0.29) is 6.04 Å². The van der Waals surface area contributed by atoms with E-state index in [2.05, 4.69) is 25.3 Å². The minimum atomic E-state index is -4.47. The van der Waals surface area contributed by atoms with E-state index in [1.54, 1.807) is 36.1 Å². The number of amides is 2. The fourth-order valence-corrected chi connectivity index (χ4v) is 5.15. The van der Waals surface area contributed by atoms with E-state index in [1.165, 1.54) is 6.07 Å². The van der Waals surface area contributed by atoms with Crippen LogP contribution in [0.15, 0.2) is 59.1 Å². The van der Waals surface area contributed by atoms with E-state index in [0.717, 1.165) is 36.3 Å². The van der Waals surface area contributed by atoms with Crippen LogP contribution in [0.3, 0.4) is 0 Å². The van der Waals surface area contributed by atoms with Gasteiger partial charge in [-0.15, -0.1) is 0 Å². The number of aryl methyl sites for hydroxylation is 2. The number of hydrogen-bond donors (Lipinski definition) is 1. The molecule has 0 saturated carbocycles. The van der Waals surface area contributed by atoms with Crippen LogP contribution in [0.2, 0.25) is 0 Å². The number of benzene rings is 1. The zero-order valence-corrected chi connectivity index (χ0v) is 20.6. The van der Waals surface area contributed by atoms with Crippen LogP contribution in [0.5, 0.6) is 0 Å². The minimum Gasteiger partial charge on any atom is -0.366 e. The van der Waals surface area contributed by atoms with E-state index in [9.17, 15) is 18.0 Å². The maximum Gasteiger partial charge on any atom is 0.416 e. The van der Waals surface area contributed by atoms with E-state index in [0.29, 0.717) is 46.6 Å². The van der Waals surface area contributed by atoms with E-state index in [1.807, 2.05) is 19.1 Å². The third kappa shape index (κ3) is 4.13. The normalized spacial score (nSPS) is 16.5. The standard InChI is InChI=1S/C27H23F3N6O2/c1-15-24(16(2)38-34-15)21-7-4-8-23(31-21)33-26(37)36-19-11-12-35(14-19)22-10-9-20(32-25(22)36)17-5-3-6-18(13-17)27(28,29)30/h3-10,13,19H,11-12,14H2,1-2H3,(H,31,33,37)/t19-/m0/s1. The maximum absolute atomic E-state index is 13.6. The van der Waals surface area contributed by atoms with Crippen molar-refractivity contribution in [1.82, 2.24) is 15.1 Å². The molecule has 6 rings (SSSR count). The first-order valence-electron chi connectivity index (χ1n) is 12.1. The number of urea groups is 1. The molecule has 1 fully saturated rings. The number of carbonyl (C=O) groups excluding carboxylic acids is 1. The lowest BCUT2D eigenvalue weighted by Gasteiger charge is -2.35. The van der Waals surface area contributed by atoms with Gasteiger partial charge in [0.25, 0.3) is 0 Å². The number of rotatable bonds is 3. The molecule has 3 aromatic heterocycles. The van der Waals surface area contributed by atoms with Crippen molar-refractivity contribution >= 4 is 23.4 Å². The molecular formula is C27H23F3N6O2. The molecule has 2 aliphatic heterocycles. The molecule has 1 N–H and O–H groups in total. The fourth-order valence-electron chi connectivity index (χ4n) is 5.15. The first kappa shape index (κ1) is 24.0. The van der Waals surface area contributed by atoms with E-state index >= 15 is 0 Å². The van der Waals surface area contributed by atoms with E-state index < -0.39 is 17.8 Å². The highest BCUT2D eigenvalue weighted by Crippen LogP contribution is 2.41. The first-order valence-corrected chi connectivity index (χ1v) is 12.1. The Labute approximate surface area is 216 Å². The molecule has 0 aliphatic carbocycles. The quantitative estimate of drug-likeness (QED) is 0.353. The van der Waals surface area contributed by atoms with Crippen molar-refractivity contribution in [1.29, 1.82) is 0 Å². The third-order valence-electron chi connectivity index (χ3n) is 6.93. The highest BCUT2D eigenvalue weighted by atomic mass is 19.4. The SMILES string of the molecule is Cc1noc(C)c1-c1cccc(NC(=O)N2c3nc(-c4cccc(C(F)(F)F)c4)ccc3N3CC[C@H]2C3)n1. The molecule has 1 aromatic carbocycles. The number of anilines is 3. The second-order valence-electron chi connectivity index (χ2n) is 9.41. The van der Waals surface area contributed by atoms with Gasteiger partial charge in [0.05, 0.1) is 39.9 Å². The summed E-state index contributed by atoms with van der Waals surface area (Å²) >= 11 is 0. The molecule has 0 radical (unpaired) electrons. The number of hydrogen-bond acceptors (Lipinski definition) is 6. The van der Waals surface area contributed by atoms with Crippen LogP contribution in [0.4, 0.5) is 35.3 Å². The topological polar surface area (TPSA) is 87.4 Å². The number of halogens is 3. The molecule has 2 bridgehead atoms. The molecule has 38 heavy (non-hydrogen) atoms. The summed E-state index contributed by atoms with van der Waals surface area (Å²) in [5, 5.41) is 6.86. The lowest BCUT2D eigenvalue weighted by molar-refractivity contribution is -0.137. The second-order valence-corrected chi connectivity index (χ2v) is 9.41. The van der Waals surface area contributed by atoms with E-state index in [4.69, 9.17) is 4.52 Å². The Morgan fingerprint density at radius 2 is 1.87 bits per heavy atom. The van der Waals surface area contributed by atoms with Crippen LogP contribution in [0, 0.1) is 13.8 Å². The van der Waals surface area contributed by atoms with Gasteiger partial charge in [-0.05, 0) is 56.7 Å². The van der Waals surface area contributed by atoms with Crippen molar-refractivity contribution in [2.24, 2.45) is 0 Å². The Balaban J connectivity index is 1.34. The maximum atomic E-state index is 13.6. The number of pyridine rings is 2. The lowest BCUT2D eigenvalue weighted by Crippen LogP contribution is -2.48. The van der Waals surface area contributed by atoms with Gasteiger partial charge >= 0.3 is 12.2 Å². The van der Waals surface area contributed by atoms with Crippen LogP contribution < -0.4 is 15.1 Å². The van der Waals surface area contributed by atoms with Crippen molar-refractivity contribution in [2.75, 3.05) is 28.2 Å². The summed E-state index contributed by atoms with van der Waals surface area (Å²) in [7, 11) is 0. The molecule has 1 saturated heterocycles. The largest absolute Gasteiger partial charge is 0.416 e. The Bertz CT molecular complexity index is 1530. The zero-order valence-electron chi connectivity index (χ0n) is 20.6. The van der Waals surface area contributed by atoms with Crippen LogP contribution in [0.25, 0.3) is 22.5 Å². The summed E-state index contributed by atoms with van der Waals surface area (Å²) in [5.74, 6) is 1.39. The number of fused-ring (bicyclic) bond motifs is 4. The Hall–Kier alpha value is -4.41. The van der Waals surface area contributed by atoms with Crippen molar-refractivity contribution in [3.05, 3.63) is 71.6 Å². The van der Waals surface area contributed by atoms with Gasteiger partial charge in [-0.1, -0.05) is 23.4 Å². The Kier molecular flexibility index (Phi) is 5.59. The lowest BCUT2D eigenvalue weighted by atomic mass is 10.1. The number of nitrogens with one attached hydrogen (secondary N) is 1. The summed E-state index contributed by atoms with van der Waals surface area (Å²) in [4.78, 5) is 26.6. The summed E-state index contributed by atoms with van der Waals surface area (Å²) in [6.07, 6.45) is -3.72. The summed E-state index contributed by atoms with van der Waals surface area (Å²) in [6.45, 7) is 5.03. The smallest absolute Gasteiger partial charge is 0.366 e. The summed E-state index contributed by atoms with van der Waals surface area (Å²) < 4.78 is 45.2. The van der Waals surface area contributed by atoms with Crippen molar-refractivity contribution < 1.29 is 22.5 Å². The molecule has 1 atom stereocenters. The molecule has 0 unspecified atom stereocenters. The van der Waals surface area contributed by atoms with Gasteiger partial charge in [-0.3, -0.25) is 10.2 Å². The molecule has 8 nitrogen and oxygen atoms in total. The van der Waals surface area contributed by atoms with Crippen LogP contribution in [-0.4, -0.2) is 40.3 Å². The predicted octanol–water partition coefficient (Wildman–Crippen LogP) is 6.07. The van der Waals surface area contributed by atoms with Gasteiger partial charge in [0.15, 0.2) is 5.82 Å². The Morgan fingerprint density at radius 1 is 1.05 bits per heavy atom. The first-order chi connectivity index (χ1) is 18.2. The number of alkyl halides is 3. The monoisotopic (exact) mass is 520 g/mol. The van der Waals surface area contributed by atoms with Crippen LogP contribution >= 0.6 is 0 Å². The summed E-state index contributed by atoms with van der Waals surface area (Å²) in [5.41, 5.74) is 2.77. The third-order valence-corrected chi connectivity index (χ3v) is 6.93. The highest BCUT2D eigenvalue weighted by molar-refractivity contribution is 6.04. The fraction of sp³-hybridized carbons (Fsp3) is 0.259. The summed E-state index contributed by atoms with van der Waals surface area (Å²) in [6, 6.07) is 13.3. The zero-order chi connectivity index (χ0) is 26.6. The Morgan fingerprint density at radius 3 is 2.63 bits per heavy atom. The van der Waals surface area contributed by atoms with Gasteiger partial charge in [0, 0.05) is 18.7 Å². The molecule has 11 heteroatoms. The van der Waals surface area contributed by atoms with Gasteiger partial charge in [-0.2, -0.15) is 13.2 Å². The molecule has 194 valence electrons. The van der Waals surface area contributed by atoms with Crippen molar-refractivity contribution in [2.45, 2.75) is 32.5 Å². The number of carbonyl (C=O) groups is 1.